The van der Waals surface area contributed by atoms with Crippen molar-refractivity contribution in [1.82, 2.24) is 0 Å². The number of hydrogen-bond donors (Lipinski definition) is 1. The molecule has 2 aromatic rings. The molecule has 0 heterocycles. The number of hydrogen-bond acceptors (Lipinski definition) is 2. The minimum absolute atomic E-state index is 0.330. The largest absolute Gasteiger partial charge is 0.496 e. The van der Waals surface area contributed by atoms with Gasteiger partial charge >= 0.3 is 0 Å². The van der Waals surface area contributed by atoms with E-state index in [0.717, 1.165) is 12.2 Å². The Morgan fingerprint density at radius 1 is 1.11 bits per heavy atom. The maximum Gasteiger partial charge on any atom is 0.122 e. The van der Waals surface area contributed by atoms with Crippen molar-refractivity contribution in [1.29, 1.82) is 0 Å². The predicted molar refractivity (Wildman–Crippen MR) is 79.7 cm³/mol. The molecule has 0 aromatic heterocycles. The van der Waals surface area contributed by atoms with Crippen molar-refractivity contribution < 1.29 is 4.74 Å². The van der Waals surface area contributed by atoms with E-state index in [4.69, 9.17) is 10.5 Å². The van der Waals surface area contributed by atoms with Gasteiger partial charge in [0, 0.05) is 5.92 Å². The third kappa shape index (κ3) is 3.36. The second kappa shape index (κ2) is 6.39. The molecule has 0 amide bonds. The van der Waals surface area contributed by atoms with E-state index in [0.29, 0.717) is 12.5 Å². The van der Waals surface area contributed by atoms with Crippen LogP contribution < -0.4 is 10.5 Å². The van der Waals surface area contributed by atoms with Crippen LogP contribution in [0.3, 0.4) is 0 Å². The summed E-state index contributed by atoms with van der Waals surface area (Å²) in [7, 11) is 1.72. The van der Waals surface area contributed by atoms with Crippen LogP contribution in [0.5, 0.6) is 5.75 Å². The molecular formula is C17H21NO. The second-order valence-corrected chi connectivity index (χ2v) is 4.86. The third-order valence-electron chi connectivity index (χ3n) is 3.46. The van der Waals surface area contributed by atoms with Crippen molar-refractivity contribution in [2.24, 2.45) is 5.73 Å². The minimum Gasteiger partial charge on any atom is -0.496 e. The molecule has 0 aliphatic carbocycles. The normalized spacial score (nSPS) is 12.2. The molecule has 2 aromatic carbocycles. The van der Waals surface area contributed by atoms with Crippen LogP contribution >= 0.6 is 0 Å². The highest BCUT2D eigenvalue weighted by Gasteiger charge is 2.13. The standard InChI is InChI=1S/C17H21NO/c1-13-8-9-17(19-2)15(10-13)11-16(12-18)14-6-4-3-5-7-14/h3-10,16H,11-12,18H2,1-2H3. The van der Waals surface area contributed by atoms with Gasteiger partial charge in [0.15, 0.2) is 0 Å². The van der Waals surface area contributed by atoms with E-state index in [2.05, 4.69) is 43.3 Å². The molecular weight excluding hydrogens is 234 g/mol. The van der Waals surface area contributed by atoms with Gasteiger partial charge in [-0.3, -0.25) is 0 Å². The van der Waals surface area contributed by atoms with Gasteiger partial charge < -0.3 is 10.5 Å². The average molecular weight is 255 g/mol. The molecule has 0 saturated carbocycles. The first kappa shape index (κ1) is 13.6. The van der Waals surface area contributed by atoms with Gasteiger partial charge in [-0.15, -0.1) is 0 Å². The highest BCUT2D eigenvalue weighted by atomic mass is 16.5. The van der Waals surface area contributed by atoms with Crippen LogP contribution in [0.2, 0.25) is 0 Å². The molecule has 1 atom stereocenters. The zero-order valence-electron chi connectivity index (χ0n) is 11.6. The summed E-state index contributed by atoms with van der Waals surface area (Å²) in [5.74, 6) is 1.27. The number of aryl methyl sites for hydroxylation is 1. The molecule has 1 unspecified atom stereocenters. The predicted octanol–water partition coefficient (Wildman–Crippen LogP) is 3.29. The molecule has 0 radical (unpaired) electrons. The van der Waals surface area contributed by atoms with E-state index < -0.39 is 0 Å². The highest BCUT2D eigenvalue weighted by Crippen LogP contribution is 2.26. The van der Waals surface area contributed by atoms with Crippen molar-refractivity contribution in [3.8, 4) is 5.75 Å². The first-order valence-corrected chi connectivity index (χ1v) is 6.63. The van der Waals surface area contributed by atoms with Crippen molar-refractivity contribution in [2.75, 3.05) is 13.7 Å². The summed E-state index contributed by atoms with van der Waals surface area (Å²) in [5, 5.41) is 0. The molecule has 0 bridgehead atoms. The molecule has 100 valence electrons. The lowest BCUT2D eigenvalue weighted by atomic mass is 9.91. The Bertz CT molecular complexity index is 522. The van der Waals surface area contributed by atoms with Gasteiger partial charge in [0.05, 0.1) is 7.11 Å². The monoisotopic (exact) mass is 255 g/mol. The van der Waals surface area contributed by atoms with Gasteiger partial charge in [0.2, 0.25) is 0 Å². The summed E-state index contributed by atoms with van der Waals surface area (Å²) >= 11 is 0. The van der Waals surface area contributed by atoms with E-state index in [1.807, 2.05) is 12.1 Å². The lowest BCUT2D eigenvalue weighted by Crippen LogP contribution is -2.15. The number of benzene rings is 2. The number of methoxy groups -OCH3 is 1. The molecule has 19 heavy (non-hydrogen) atoms. The Labute approximate surface area is 115 Å². The van der Waals surface area contributed by atoms with Crippen LogP contribution in [-0.2, 0) is 6.42 Å². The lowest BCUT2D eigenvalue weighted by Gasteiger charge is -2.17. The summed E-state index contributed by atoms with van der Waals surface area (Å²) in [5.41, 5.74) is 9.70. The molecule has 0 saturated heterocycles. The molecule has 0 fully saturated rings. The Hall–Kier alpha value is -1.80. The Morgan fingerprint density at radius 3 is 2.47 bits per heavy atom. The minimum atomic E-state index is 0.330. The first-order valence-electron chi connectivity index (χ1n) is 6.63. The van der Waals surface area contributed by atoms with E-state index in [1.54, 1.807) is 7.11 Å². The molecule has 0 spiro atoms. The van der Waals surface area contributed by atoms with Crippen LogP contribution in [0.15, 0.2) is 48.5 Å². The van der Waals surface area contributed by atoms with Crippen molar-refractivity contribution in [3.05, 3.63) is 65.2 Å². The van der Waals surface area contributed by atoms with Crippen LogP contribution in [0.1, 0.15) is 22.6 Å². The Morgan fingerprint density at radius 2 is 1.84 bits per heavy atom. The fourth-order valence-electron chi connectivity index (χ4n) is 2.39. The molecule has 0 aliphatic heterocycles. The van der Waals surface area contributed by atoms with Crippen molar-refractivity contribution in [2.45, 2.75) is 19.3 Å². The topological polar surface area (TPSA) is 35.2 Å². The molecule has 2 rings (SSSR count). The zero-order chi connectivity index (χ0) is 13.7. The second-order valence-electron chi connectivity index (χ2n) is 4.86. The van der Waals surface area contributed by atoms with Crippen LogP contribution in [-0.4, -0.2) is 13.7 Å². The van der Waals surface area contributed by atoms with Crippen LogP contribution in [0.4, 0.5) is 0 Å². The van der Waals surface area contributed by atoms with Crippen LogP contribution in [0.25, 0.3) is 0 Å². The van der Waals surface area contributed by atoms with Gasteiger partial charge in [-0.05, 0) is 37.1 Å². The zero-order valence-corrected chi connectivity index (χ0v) is 11.6. The molecule has 2 heteroatoms. The van der Waals surface area contributed by atoms with Gasteiger partial charge in [-0.2, -0.15) is 0 Å². The number of nitrogens with two attached hydrogens (primary N) is 1. The van der Waals surface area contributed by atoms with Gasteiger partial charge in [0.1, 0.15) is 5.75 Å². The van der Waals surface area contributed by atoms with Crippen LogP contribution in [0, 0.1) is 6.92 Å². The van der Waals surface area contributed by atoms with E-state index in [9.17, 15) is 0 Å². The fraction of sp³-hybridized carbons (Fsp3) is 0.294. The average Bonchev–Trinajstić information content (AvgIpc) is 2.46. The van der Waals surface area contributed by atoms with Gasteiger partial charge in [0.25, 0.3) is 0 Å². The van der Waals surface area contributed by atoms with Gasteiger partial charge in [-0.1, -0.05) is 48.0 Å². The summed E-state index contributed by atoms with van der Waals surface area (Å²) in [6, 6.07) is 16.7. The molecule has 2 nitrogen and oxygen atoms in total. The quantitative estimate of drug-likeness (QED) is 0.889. The SMILES string of the molecule is COc1ccc(C)cc1CC(CN)c1ccccc1. The first-order chi connectivity index (χ1) is 9.24. The van der Waals surface area contributed by atoms with Crippen molar-refractivity contribution in [3.63, 3.8) is 0 Å². The summed E-state index contributed by atoms with van der Waals surface area (Å²) in [6.07, 6.45) is 0.908. The molecule has 2 N–H and O–H groups in total. The number of ether oxygens (including phenoxy) is 1. The number of rotatable bonds is 5. The maximum atomic E-state index is 5.94. The lowest BCUT2D eigenvalue weighted by molar-refractivity contribution is 0.408. The van der Waals surface area contributed by atoms with E-state index >= 15 is 0 Å². The van der Waals surface area contributed by atoms with E-state index in [1.165, 1.54) is 16.7 Å². The third-order valence-corrected chi connectivity index (χ3v) is 3.46. The van der Waals surface area contributed by atoms with E-state index in [-0.39, 0.29) is 0 Å². The highest BCUT2D eigenvalue weighted by molar-refractivity contribution is 5.38. The fourth-order valence-corrected chi connectivity index (χ4v) is 2.39. The van der Waals surface area contributed by atoms with Crippen molar-refractivity contribution >= 4 is 0 Å². The summed E-state index contributed by atoms with van der Waals surface area (Å²) < 4.78 is 5.44. The Balaban J connectivity index is 2.26. The maximum absolute atomic E-state index is 5.94. The van der Waals surface area contributed by atoms with Gasteiger partial charge in [-0.25, -0.2) is 0 Å². The summed E-state index contributed by atoms with van der Waals surface area (Å²) in [6.45, 7) is 2.74. The summed E-state index contributed by atoms with van der Waals surface area (Å²) in [4.78, 5) is 0. The molecule has 0 aliphatic rings. The Kier molecular flexibility index (Phi) is 4.58. The smallest absolute Gasteiger partial charge is 0.122 e.